The van der Waals surface area contributed by atoms with E-state index in [-0.39, 0.29) is 6.04 Å². The highest BCUT2D eigenvalue weighted by Gasteiger charge is 2.04. The van der Waals surface area contributed by atoms with Crippen molar-refractivity contribution in [2.24, 2.45) is 11.7 Å². The fourth-order valence-corrected chi connectivity index (χ4v) is 1.56. The zero-order chi connectivity index (χ0) is 12.0. The first-order valence-electron chi connectivity index (χ1n) is 5.97. The average Bonchev–Trinajstić information content (AvgIpc) is 2.27. The summed E-state index contributed by atoms with van der Waals surface area (Å²) >= 11 is 0. The van der Waals surface area contributed by atoms with Crippen LogP contribution in [0.15, 0.2) is 18.3 Å². The first kappa shape index (κ1) is 13.0. The molecule has 2 N–H and O–H groups in total. The number of hydrogen-bond donors (Lipinski definition) is 1. The maximum atomic E-state index is 5.72. The Kier molecular flexibility index (Phi) is 5.26. The second-order valence-corrected chi connectivity index (χ2v) is 4.41. The monoisotopic (exact) mass is 222 g/mol. The summed E-state index contributed by atoms with van der Waals surface area (Å²) in [5.74, 6) is 1.42. The molecule has 0 amide bonds. The van der Waals surface area contributed by atoms with E-state index in [1.165, 1.54) is 12.8 Å². The topological polar surface area (TPSA) is 48.1 Å². The molecule has 1 aromatic rings. The maximum Gasteiger partial charge on any atom is 0.137 e. The fourth-order valence-electron chi connectivity index (χ4n) is 1.56. The van der Waals surface area contributed by atoms with Crippen molar-refractivity contribution in [3.8, 4) is 5.75 Å². The highest BCUT2D eigenvalue weighted by atomic mass is 16.5. The zero-order valence-electron chi connectivity index (χ0n) is 10.4. The molecule has 16 heavy (non-hydrogen) atoms. The standard InChI is InChI=1S/C13H22N2O/c1-4-5-10(2)9-16-12-6-7-13(11(3)14)15-8-12/h6-8,10-11H,4-5,9,14H2,1-3H3/t10?,11-/m0/s1. The lowest BCUT2D eigenvalue weighted by Gasteiger charge is -2.12. The van der Waals surface area contributed by atoms with E-state index >= 15 is 0 Å². The van der Waals surface area contributed by atoms with Gasteiger partial charge in [0.05, 0.1) is 18.5 Å². The van der Waals surface area contributed by atoms with Crippen LogP contribution in [0.3, 0.4) is 0 Å². The van der Waals surface area contributed by atoms with Gasteiger partial charge in [0.1, 0.15) is 5.75 Å². The molecule has 0 aliphatic rings. The normalized spacial score (nSPS) is 14.5. The number of nitrogens with two attached hydrogens (primary N) is 1. The SMILES string of the molecule is CCCC(C)COc1ccc([C@H](C)N)nc1. The molecule has 0 saturated heterocycles. The average molecular weight is 222 g/mol. The summed E-state index contributed by atoms with van der Waals surface area (Å²) < 4.78 is 5.65. The Bertz CT molecular complexity index is 295. The second kappa shape index (κ2) is 6.48. The number of nitrogens with zero attached hydrogens (tertiary/aromatic N) is 1. The van der Waals surface area contributed by atoms with Gasteiger partial charge in [0.25, 0.3) is 0 Å². The molecule has 1 rings (SSSR count). The summed E-state index contributed by atoms with van der Waals surface area (Å²) in [6.07, 6.45) is 4.15. The lowest BCUT2D eigenvalue weighted by Crippen LogP contribution is -2.10. The molecule has 0 aliphatic carbocycles. The van der Waals surface area contributed by atoms with Crippen LogP contribution >= 0.6 is 0 Å². The van der Waals surface area contributed by atoms with Gasteiger partial charge in [0.15, 0.2) is 0 Å². The van der Waals surface area contributed by atoms with Crippen molar-refractivity contribution in [3.63, 3.8) is 0 Å². The van der Waals surface area contributed by atoms with Crippen molar-refractivity contribution < 1.29 is 4.74 Å². The summed E-state index contributed by atoms with van der Waals surface area (Å²) in [7, 11) is 0. The minimum absolute atomic E-state index is 0.0203. The van der Waals surface area contributed by atoms with Gasteiger partial charge < -0.3 is 10.5 Å². The molecule has 0 fully saturated rings. The van der Waals surface area contributed by atoms with E-state index in [0.29, 0.717) is 5.92 Å². The molecule has 0 bridgehead atoms. The molecule has 0 aliphatic heterocycles. The summed E-state index contributed by atoms with van der Waals surface area (Å²) in [6.45, 7) is 7.07. The van der Waals surface area contributed by atoms with Crippen LogP contribution in [0.5, 0.6) is 5.75 Å². The number of aromatic nitrogens is 1. The van der Waals surface area contributed by atoms with Crippen LogP contribution in [0, 0.1) is 5.92 Å². The van der Waals surface area contributed by atoms with Crippen LogP contribution in [0.1, 0.15) is 45.3 Å². The molecule has 0 aromatic carbocycles. The maximum absolute atomic E-state index is 5.72. The lowest BCUT2D eigenvalue weighted by atomic mass is 10.1. The van der Waals surface area contributed by atoms with Gasteiger partial charge in [-0.3, -0.25) is 4.98 Å². The quantitative estimate of drug-likeness (QED) is 0.805. The molecule has 0 saturated carbocycles. The van der Waals surface area contributed by atoms with E-state index in [0.717, 1.165) is 18.1 Å². The predicted molar refractivity (Wildman–Crippen MR) is 66.4 cm³/mol. The molecule has 2 atom stereocenters. The van der Waals surface area contributed by atoms with Crippen molar-refractivity contribution in [1.29, 1.82) is 0 Å². The number of rotatable bonds is 6. The van der Waals surface area contributed by atoms with Crippen molar-refractivity contribution >= 4 is 0 Å². The molecule has 1 heterocycles. The Balaban J connectivity index is 2.43. The van der Waals surface area contributed by atoms with E-state index in [1.807, 2.05) is 19.1 Å². The summed E-state index contributed by atoms with van der Waals surface area (Å²) in [5.41, 5.74) is 6.62. The lowest BCUT2D eigenvalue weighted by molar-refractivity contribution is 0.250. The molecule has 0 spiro atoms. The van der Waals surface area contributed by atoms with Crippen LogP contribution in [0.2, 0.25) is 0 Å². The van der Waals surface area contributed by atoms with E-state index < -0.39 is 0 Å². The molecule has 1 aromatic heterocycles. The Morgan fingerprint density at radius 3 is 2.62 bits per heavy atom. The van der Waals surface area contributed by atoms with Crippen LogP contribution in [-0.4, -0.2) is 11.6 Å². The smallest absolute Gasteiger partial charge is 0.137 e. The largest absolute Gasteiger partial charge is 0.492 e. The number of pyridine rings is 1. The number of ether oxygens (including phenoxy) is 1. The van der Waals surface area contributed by atoms with Gasteiger partial charge in [-0.15, -0.1) is 0 Å². The Hall–Kier alpha value is -1.09. The van der Waals surface area contributed by atoms with Crippen LogP contribution in [0.4, 0.5) is 0 Å². The molecule has 0 radical (unpaired) electrons. The van der Waals surface area contributed by atoms with Crippen molar-refractivity contribution in [2.45, 2.75) is 39.7 Å². The van der Waals surface area contributed by atoms with Gasteiger partial charge in [-0.05, 0) is 31.4 Å². The second-order valence-electron chi connectivity index (χ2n) is 4.41. The van der Waals surface area contributed by atoms with Gasteiger partial charge in [0.2, 0.25) is 0 Å². The third-order valence-corrected chi connectivity index (χ3v) is 2.54. The first-order chi connectivity index (χ1) is 7.63. The minimum atomic E-state index is -0.0203. The van der Waals surface area contributed by atoms with E-state index in [1.54, 1.807) is 6.20 Å². The fraction of sp³-hybridized carbons (Fsp3) is 0.615. The van der Waals surface area contributed by atoms with Gasteiger partial charge >= 0.3 is 0 Å². The van der Waals surface area contributed by atoms with Gasteiger partial charge in [-0.1, -0.05) is 20.3 Å². The molecular weight excluding hydrogens is 200 g/mol. The molecule has 3 heteroatoms. The zero-order valence-corrected chi connectivity index (χ0v) is 10.4. The third kappa shape index (κ3) is 4.19. The Morgan fingerprint density at radius 1 is 1.38 bits per heavy atom. The summed E-state index contributed by atoms with van der Waals surface area (Å²) in [5, 5.41) is 0. The van der Waals surface area contributed by atoms with Gasteiger partial charge in [0, 0.05) is 6.04 Å². The van der Waals surface area contributed by atoms with Gasteiger partial charge in [-0.25, -0.2) is 0 Å². The van der Waals surface area contributed by atoms with Crippen LogP contribution < -0.4 is 10.5 Å². The van der Waals surface area contributed by atoms with Crippen LogP contribution in [0.25, 0.3) is 0 Å². The summed E-state index contributed by atoms with van der Waals surface area (Å²) in [4.78, 5) is 4.25. The Morgan fingerprint density at radius 2 is 2.12 bits per heavy atom. The molecular formula is C13H22N2O. The molecule has 90 valence electrons. The van der Waals surface area contributed by atoms with Crippen molar-refractivity contribution in [1.82, 2.24) is 4.98 Å². The van der Waals surface area contributed by atoms with E-state index in [9.17, 15) is 0 Å². The first-order valence-corrected chi connectivity index (χ1v) is 5.97. The predicted octanol–water partition coefficient (Wildman–Crippen LogP) is 2.92. The van der Waals surface area contributed by atoms with Crippen LogP contribution in [-0.2, 0) is 0 Å². The highest BCUT2D eigenvalue weighted by molar-refractivity contribution is 5.21. The van der Waals surface area contributed by atoms with Crippen molar-refractivity contribution in [2.75, 3.05) is 6.61 Å². The van der Waals surface area contributed by atoms with E-state index in [2.05, 4.69) is 18.8 Å². The van der Waals surface area contributed by atoms with E-state index in [4.69, 9.17) is 10.5 Å². The number of hydrogen-bond acceptors (Lipinski definition) is 3. The summed E-state index contributed by atoms with van der Waals surface area (Å²) in [6, 6.07) is 3.84. The Labute approximate surface area is 98.0 Å². The highest BCUT2D eigenvalue weighted by Crippen LogP contribution is 2.14. The molecule has 1 unspecified atom stereocenters. The third-order valence-electron chi connectivity index (χ3n) is 2.54. The van der Waals surface area contributed by atoms with Crippen molar-refractivity contribution in [3.05, 3.63) is 24.0 Å². The minimum Gasteiger partial charge on any atom is -0.492 e. The molecule has 3 nitrogen and oxygen atoms in total. The van der Waals surface area contributed by atoms with Gasteiger partial charge in [-0.2, -0.15) is 0 Å².